The number of halogens is 2. The Hall–Kier alpha value is -1.60. The molecule has 0 bridgehead atoms. The summed E-state index contributed by atoms with van der Waals surface area (Å²) in [6, 6.07) is 3.64. The van der Waals surface area contributed by atoms with Crippen LogP contribution in [-0.4, -0.2) is 12.6 Å². The van der Waals surface area contributed by atoms with Gasteiger partial charge in [-0.15, -0.1) is 0 Å². The molecule has 0 fully saturated rings. The normalized spacial score (nSPS) is 9.47. The molecule has 3 nitrogen and oxygen atoms in total. The van der Waals surface area contributed by atoms with E-state index in [9.17, 15) is 9.18 Å². The van der Waals surface area contributed by atoms with Gasteiger partial charge in [-0.05, 0) is 19.1 Å². The van der Waals surface area contributed by atoms with Crippen molar-refractivity contribution in [2.75, 3.05) is 6.61 Å². The first-order valence-electron chi connectivity index (χ1n) is 4.16. The molecule has 0 amide bonds. The van der Waals surface area contributed by atoms with E-state index >= 15 is 0 Å². The van der Waals surface area contributed by atoms with Gasteiger partial charge in [-0.3, -0.25) is 0 Å². The van der Waals surface area contributed by atoms with Gasteiger partial charge in [0.2, 0.25) is 0 Å². The fraction of sp³-hybridized carbons (Fsp3) is 0.200. The maximum absolute atomic E-state index is 12.9. The second-order valence-electron chi connectivity index (χ2n) is 2.64. The summed E-state index contributed by atoms with van der Waals surface area (Å²) in [5.41, 5.74) is -0.221. The van der Waals surface area contributed by atoms with Crippen LogP contribution in [0.3, 0.4) is 0 Å². The minimum Gasteiger partial charge on any atom is -0.462 e. The molecular formula is C10H7ClFNO2. The first kappa shape index (κ1) is 11.5. The third-order valence-electron chi connectivity index (χ3n) is 1.66. The van der Waals surface area contributed by atoms with Gasteiger partial charge in [-0.25, -0.2) is 9.18 Å². The lowest BCUT2D eigenvalue weighted by Crippen LogP contribution is -2.08. The van der Waals surface area contributed by atoms with Crippen LogP contribution >= 0.6 is 11.6 Å². The molecule has 15 heavy (non-hydrogen) atoms. The summed E-state index contributed by atoms with van der Waals surface area (Å²) in [6.45, 7) is 1.77. The quantitative estimate of drug-likeness (QED) is 0.730. The molecule has 1 aromatic rings. The van der Waals surface area contributed by atoms with Gasteiger partial charge in [-0.1, -0.05) is 11.6 Å². The third kappa shape index (κ3) is 2.45. The Morgan fingerprint density at radius 3 is 2.87 bits per heavy atom. The molecule has 78 valence electrons. The van der Waals surface area contributed by atoms with Crippen LogP contribution < -0.4 is 0 Å². The van der Waals surface area contributed by atoms with E-state index in [4.69, 9.17) is 16.9 Å². The van der Waals surface area contributed by atoms with Crippen molar-refractivity contribution in [1.29, 1.82) is 5.26 Å². The van der Waals surface area contributed by atoms with Crippen molar-refractivity contribution >= 4 is 17.6 Å². The van der Waals surface area contributed by atoms with E-state index in [1.165, 1.54) is 0 Å². The molecule has 0 aliphatic heterocycles. The molecule has 0 atom stereocenters. The molecule has 1 rings (SSSR count). The summed E-state index contributed by atoms with van der Waals surface area (Å²) >= 11 is 5.61. The number of ether oxygens (including phenoxy) is 1. The van der Waals surface area contributed by atoms with E-state index in [0.717, 1.165) is 12.1 Å². The van der Waals surface area contributed by atoms with Crippen molar-refractivity contribution in [2.45, 2.75) is 6.92 Å². The Morgan fingerprint density at radius 2 is 2.33 bits per heavy atom. The minimum atomic E-state index is -0.754. The first-order valence-corrected chi connectivity index (χ1v) is 4.54. The van der Waals surface area contributed by atoms with Crippen LogP contribution in [0.15, 0.2) is 12.1 Å². The molecule has 0 aromatic heterocycles. The Kier molecular flexibility index (Phi) is 3.64. The highest BCUT2D eigenvalue weighted by Gasteiger charge is 2.16. The van der Waals surface area contributed by atoms with Crippen LogP contribution in [0.1, 0.15) is 22.8 Å². The summed E-state index contributed by atoms with van der Waals surface area (Å²) < 4.78 is 17.6. The summed E-state index contributed by atoms with van der Waals surface area (Å²) in [6.07, 6.45) is 0. The van der Waals surface area contributed by atoms with Gasteiger partial charge in [0.05, 0.1) is 22.8 Å². The molecule has 0 heterocycles. The SMILES string of the molecule is CCOC(=O)c1cc(F)cc(Cl)c1C#N. The summed E-state index contributed by atoms with van der Waals surface area (Å²) in [7, 11) is 0. The lowest BCUT2D eigenvalue weighted by molar-refractivity contribution is 0.0525. The Morgan fingerprint density at radius 1 is 1.67 bits per heavy atom. The minimum absolute atomic E-state index is 0.0727. The van der Waals surface area contributed by atoms with E-state index in [-0.39, 0.29) is 22.8 Å². The van der Waals surface area contributed by atoms with Gasteiger partial charge in [0.25, 0.3) is 0 Å². The highest BCUT2D eigenvalue weighted by atomic mass is 35.5. The first-order chi connectivity index (χ1) is 7.10. The van der Waals surface area contributed by atoms with Gasteiger partial charge >= 0.3 is 5.97 Å². The fourth-order valence-electron chi connectivity index (χ4n) is 1.06. The molecule has 0 saturated carbocycles. The maximum Gasteiger partial charge on any atom is 0.339 e. The monoisotopic (exact) mass is 227 g/mol. The number of hydrogen-bond acceptors (Lipinski definition) is 3. The molecule has 0 spiro atoms. The molecular weight excluding hydrogens is 221 g/mol. The van der Waals surface area contributed by atoms with Gasteiger partial charge in [0, 0.05) is 0 Å². The average Bonchev–Trinajstić information content (AvgIpc) is 2.17. The molecule has 0 radical (unpaired) electrons. The smallest absolute Gasteiger partial charge is 0.339 e. The largest absolute Gasteiger partial charge is 0.462 e. The Balaban J connectivity index is 3.28. The second-order valence-corrected chi connectivity index (χ2v) is 3.05. The third-order valence-corrected chi connectivity index (χ3v) is 1.96. The zero-order valence-corrected chi connectivity index (χ0v) is 8.64. The van der Waals surface area contributed by atoms with E-state index in [0.29, 0.717) is 0 Å². The van der Waals surface area contributed by atoms with Crippen molar-refractivity contribution in [3.05, 3.63) is 34.1 Å². The summed E-state index contributed by atoms with van der Waals surface area (Å²) in [4.78, 5) is 11.3. The lowest BCUT2D eigenvalue weighted by atomic mass is 10.1. The van der Waals surface area contributed by atoms with E-state index < -0.39 is 11.8 Å². The van der Waals surface area contributed by atoms with Crippen LogP contribution in [0.4, 0.5) is 4.39 Å². The molecule has 5 heteroatoms. The van der Waals surface area contributed by atoms with Crippen LogP contribution in [0.2, 0.25) is 5.02 Å². The lowest BCUT2D eigenvalue weighted by Gasteiger charge is -2.05. The Bertz CT molecular complexity index is 440. The number of benzene rings is 1. The Labute approximate surface area is 91.0 Å². The highest BCUT2D eigenvalue weighted by molar-refractivity contribution is 6.32. The van der Waals surface area contributed by atoms with E-state index in [2.05, 4.69) is 4.74 Å². The number of rotatable bonds is 2. The predicted octanol–water partition coefficient (Wildman–Crippen LogP) is 2.53. The number of carbonyl (C=O) groups is 1. The van der Waals surface area contributed by atoms with Crippen LogP contribution in [-0.2, 0) is 4.74 Å². The zero-order valence-electron chi connectivity index (χ0n) is 7.88. The number of carbonyl (C=O) groups excluding carboxylic acids is 1. The molecule has 0 aliphatic carbocycles. The summed E-state index contributed by atoms with van der Waals surface area (Å²) in [5.74, 6) is -1.43. The topological polar surface area (TPSA) is 50.1 Å². The van der Waals surface area contributed by atoms with Gasteiger partial charge < -0.3 is 4.74 Å². The number of hydrogen-bond donors (Lipinski definition) is 0. The van der Waals surface area contributed by atoms with Crippen LogP contribution in [0.5, 0.6) is 0 Å². The van der Waals surface area contributed by atoms with Gasteiger partial charge in [-0.2, -0.15) is 5.26 Å². The molecule has 1 aromatic carbocycles. The molecule has 0 unspecified atom stereocenters. The number of nitrogens with zero attached hydrogens (tertiary/aromatic N) is 1. The number of nitriles is 1. The maximum atomic E-state index is 12.9. The standard InChI is InChI=1S/C10H7ClFNO2/c1-2-15-10(14)7-3-6(12)4-9(11)8(7)5-13/h3-4H,2H2,1H3. The predicted molar refractivity (Wildman–Crippen MR) is 52.1 cm³/mol. The van der Waals surface area contributed by atoms with E-state index in [1.807, 2.05) is 0 Å². The van der Waals surface area contributed by atoms with Crippen LogP contribution in [0.25, 0.3) is 0 Å². The molecule has 0 saturated heterocycles. The van der Waals surface area contributed by atoms with Gasteiger partial charge in [0.1, 0.15) is 11.9 Å². The van der Waals surface area contributed by atoms with E-state index in [1.54, 1.807) is 13.0 Å². The van der Waals surface area contributed by atoms with Crippen LogP contribution in [0, 0.1) is 17.1 Å². The molecule has 0 aliphatic rings. The number of esters is 1. The van der Waals surface area contributed by atoms with Crippen molar-refractivity contribution in [3.8, 4) is 6.07 Å². The zero-order chi connectivity index (χ0) is 11.4. The summed E-state index contributed by atoms with van der Waals surface area (Å²) in [5, 5.41) is 8.65. The molecule has 0 N–H and O–H groups in total. The average molecular weight is 228 g/mol. The van der Waals surface area contributed by atoms with Gasteiger partial charge in [0.15, 0.2) is 0 Å². The van der Waals surface area contributed by atoms with Crippen molar-refractivity contribution in [3.63, 3.8) is 0 Å². The highest BCUT2D eigenvalue weighted by Crippen LogP contribution is 2.21. The van der Waals surface area contributed by atoms with Crippen molar-refractivity contribution in [2.24, 2.45) is 0 Å². The van der Waals surface area contributed by atoms with Crippen molar-refractivity contribution in [1.82, 2.24) is 0 Å². The van der Waals surface area contributed by atoms with Crippen molar-refractivity contribution < 1.29 is 13.9 Å². The second kappa shape index (κ2) is 4.76. The fourth-order valence-corrected chi connectivity index (χ4v) is 1.31.